The molecule has 0 amide bonds. The molecule has 0 aliphatic carbocycles. The third-order valence-electron chi connectivity index (χ3n) is 3.88. The van der Waals surface area contributed by atoms with E-state index >= 15 is 0 Å². The Kier molecular flexibility index (Phi) is 22.4. The van der Waals surface area contributed by atoms with Crippen molar-refractivity contribution in [3.05, 3.63) is 12.2 Å². The molecule has 0 bridgehead atoms. The van der Waals surface area contributed by atoms with Gasteiger partial charge in [0.05, 0.1) is 6.54 Å². The molecule has 0 radical (unpaired) electrons. The fraction of sp³-hybridized carbons (Fsp3) is 0.800. The third-order valence-corrected chi connectivity index (χ3v) is 3.88. The number of hydrogen-bond acceptors (Lipinski definition) is 5. The number of hydroxylamine groups is 2. The van der Waals surface area contributed by atoms with Gasteiger partial charge in [0.15, 0.2) is 0 Å². The first-order chi connectivity index (χ1) is 12.1. The van der Waals surface area contributed by atoms with Crippen LogP contribution in [0, 0.1) is 0 Å². The van der Waals surface area contributed by atoms with Gasteiger partial charge in [0.2, 0.25) is 0 Å². The molecule has 6 heteroatoms. The monoisotopic (exact) mass is 379 g/mol. The van der Waals surface area contributed by atoms with Crippen LogP contribution >= 0.6 is 0 Å². The van der Waals surface area contributed by atoms with Crippen molar-refractivity contribution in [2.45, 2.75) is 97.8 Å². The molecule has 5 nitrogen and oxygen atoms in total. The van der Waals surface area contributed by atoms with Gasteiger partial charge in [-0.25, -0.2) is 0 Å². The van der Waals surface area contributed by atoms with Gasteiger partial charge < -0.3 is 9.68 Å². The second kappa shape index (κ2) is 20.9. The van der Waals surface area contributed by atoms with Gasteiger partial charge in [-0.1, -0.05) is 84.3 Å². The summed E-state index contributed by atoms with van der Waals surface area (Å²) in [7, 11) is 0. The van der Waals surface area contributed by atoms with Crippen LogP contribution in [0.1, 0.15) is 97.8 Å². The molecule has 0 N–H and O–H groups in total. The predicted octanol–water partition coefficient (Wildman–Crippen LogP) is 4.85. The Morgan fingerprint density at radius 1 is 0.731 bits per heavy atom. The summed E-state index contributed by atoms with van der Waals surface area (Å²) in [4.78, 5) is 32.6. The van der Waals surface area contributed by atoms with Crippen molar-refractivity contribution in [1.29, 1.82) is 0 Å². The average molecular weight is 380 g/mol. The maximum absolute atomic E-state index is 11.3. The molecule has 0 aliphatic heterocycles. The van der Waals surface area contributed by atoms with E-state index in [1.54, 1.807) is 13.8 Å². The minimum atomic E-state index is -0.420. The number of carbonyl (C=O) groups is 2. The first kappa shape index (κ1) is 27.9. The van der Waals surface area contributed by atoms with Crippen molar-refractivity contribution >= 4 is 41.5 Å². The fourth-order valence-electron chi connectivity index (χ4n) is 2.30. The Morgan fingerprint density at radius 2 is 1.19 bits per heavy atom. The molecular formula is C20H38NNaO4. The van der Waals surface area contributed by atoms with E-state index in [2.05, 4.69) is 6.92 Å². The number of rotatable bonds is 16. The zero-order valence-electron chi connectivity index (χ0n) is 16.4. The summed E-state index contributed by atoms with van der Waals surface area (Å²) in [5.41, 5.74) is 0. The minimum absolute atomic E-state index is 0. The van der Waals surface area contributed by atoms with E-state index in [4.69, 9.17) is 9.68 Å². The molecular weight excluding hydrogens is 341 g/mol. The molecule has 0 spiro atoms. The van der Waals surface area contributed by atoms with Gasteiger partial charge in [-0.15, -0.1) is 0 Å². The van der Waals surface area contributed by atoms with Gasteiger partial charge in [0, 0.05) is 18.1 Å². The summed E-state index contributed by atoms with van der Waals surface area (Å²) in [6.07, 6.45) is 17.2. The molecule has 0 unspecified atom stereocenters. The SMILES string of the molecule is CCCCCCCCCCCC=CCN(OC(=O)CC)OC(=O)CC.[NaH]. The molecule has 0 aromatic carbocycles. The van der Waals surface area contributed by atoms with Crippen molar-refractivity contribution in [3.8, 4) is 0 Å². The maximum atomic E-state index is 11.3. The Morgan fingerprint density at radius 3 is 1.65 bits per heavy atom. The molecule has 0 atom stereocenters. The molecule has 148 valence electrons. The Labute approximate surface area is 182 Å². The summed E-state index contributed by atoms with van der Waals surface area (Å²) in [6.45, 7) is 5.90. The van der Waals surface area contributed by atoms with Crippen molar-refractivity contribution in [3.63, 3.8) is 0 Å². The molecule has 0 aliphatic rings. The number of hydrogen-bond donors (Lipinski definition) is 0. The molecule has 0 aromatic rings. The standard InChI is InChI=1S/C20H37NO4.Na.H/c1-4-7-8-9-10-11-12-13-14-15-16-17-18-21(24-19(22)5-2)25-20(23)6-3;;/h16-17H,4-15,18H2,1-3H3;;. The van der Waals surface area contributed by atoms with Crippen LogP contribution in [-0.4, -0.2) is 53.3 Å². The molecule has 0 fully saturated rings. The first-order valence-electron chi connectivity index (χ1n) is 9.98. The van der Waals surface area contributed by atoms with E-state index in [1.807, 2.05) is 12.2 Å². The van der Waals surface area contributed by atoms with Gasteiger partial charge in [-0.2, -0.15) is 0 Å². The number of nitrogens with zero attached hydrogens (tertiary/aromatic N) is 1. The van der Waals surface area contributed by atoms with Crippen molar-refractivity contribution in [1.82, 2.24) is 5.23 Å². The predicted molar refractivity (Wildman–Crippen MR) is 108 cm³/mol. The van der Waals surface area contributed by atoms with Crippen LogP contribution in [0.2, 0.25) is 0 Å². The summed E-state index contributed by atoms with van der Waals surface area (Å²) >= 11 is 0. The van der Waals surface area contributed by atoms with Crippen LogP contribution in [0.25, 0.3) is 0 Å². The van der Waals surface area contributed by atoms with Gasteiger partial charge in [-0.3, -0.25) is 9.59 Å². The van der Waals surface area contributed by atoms with Crippen LogP contribution in [0.15, 0.2) is 12.2 Å². The Bertz CT molecular complexity index is 357. The van der Waals surface area contributed by atoms with E-state index in [0.29, 0.717) is 0 Å². The van der Waals surface area contributed by atoms with Gasteiger partial charge in [-0.05, 0) is 12.8 Å². The Balaban J connectivity index is 0. The second-order valence-electron chi connectivity index (χ2n) is 6.24. The molecule has 0 saturated carbocycles. The van der Waals surface area contributed by atoms with Gasteiger partial charge in [0.1, 0.15) is 0 Å². The first-order valence-corrected chi connectivity index (χ1v) is 9.98. The molecule has 26 heavy (non-hydrogen) atoms. The van der Waals surface area contributed by atoms with E-state index in [1.165, 1.54) is 51.4 Å². The van der Waals surface area contributed by atoms with Crippen LogP contribution in [0.4, 0.5) is 0 Å². The van der Waals surface area contributed by atoms with Gasteiger partial charge in [0.25, 0.3) is 0 Å². The van der Waals surface area contributed by atoms with Crippen LogP contribution < -0.4 is 0 Å². The zero-order valence-corrected chi connectivity index (χ0v) is 16.4. The van der Waals surface area contributed by atoms with Crippen LogP contribution in [0.3, 0.4) is 0 Å². The van der Waals surface area contributed by atoms with E-state index < -0.39 is 11.9 Å². The quantitative estimate of drug-likeness (QED) is 0.166. The fourth-order valence-corrected chi connectivity index (χ4v) is 2.30. The van der Waals surface area contributed by atoms with Gasteiger partial charge >= 0.3 is 41.5 Å². The van der Waals surface area contributed by atoms with Crippen molar-refractivity contribution in [2.24, 2.45) is 0 Å². The van der Waals surface area contributed by atoms with Crippen molar-refractivity contribution in [2.75, 3.05) is 6.54 Å². The molecule has 0 saturated heterocycles. The summed E-state index contributed by atoms with van der Waals surface area (Å²) in [5, 5.41) is 0.963. The average Bonchev–Trinajstić information content (AvgIpc) is 2.62. The second-order valence-corrected chi connectivity index (χ2v) is 6.24. The summed E-state index contributed by atoms with van der Waals surface area (Å²) in [5.74, 6) is -0.840. The normalized spacial score (nSPS) is 10.8. The Hall–Kier alpha value is -0.360. The zero-order chi connectivity index (χ0) is 18.8. The van der Waals surface area contributed by atoms with E-state index in [9.17, 15) is 9.59 Å². The number of carbonyl (C=O) groups excluding carboxylic acids is 2. The number of allylic oxidation sites excluding steroid dienone is 1. The molecule has 0 rings (SSSR count). The van der Waals surface area contributed by atoms with E-state index in [0.717, 1.165) is 18.1 Å². The van der Waals surface area contributed by atoms with Crippen molar-refractivity contribution < 1.29 is 19.3 Å². The van der Waals surface area contributed by atoms with E-state index in [-0.39, 0.29) is 48.9 Å². The number of unbranched alkanes of at least 4 members (excludes halogenated alkanes) is 9. The molecule has 0 heterocycles. The molecule has 0 aromatic heterocycles. The third kappa shape index (κ3) is 18.4. The van der Waals surface area contributed by atoms with Crippen LogP contribution in [-0.2, 0) is 19.3 Å². The van der Waals surface area contributed by atoms with Crippen LogP contribution in [0.5, 0.6) is 0 Å². The summed E-state index contributed by atoms with van der Waals surface area (Å²) in [6, 6.07) is 0. The summed E-state index contributed by atoms with van der Waals surface area (Å²) < 4.78 is 0. The topological polar surface area (TPSA) is 55.8 Å².